The molecular formula is C19H13FN2O. The van der Waals surface area contributed by atoms with Crippen LogP contribution in [-0.2, 0) is 6.54 Å². The van der Waals surface area contributed by atoms with Crippen LogP contribution in [0.3, 0.4) is 0 Å². The van der Waals surface area contributed by atoms with Crippen molar-refractivity contribution in [3.63, 3.8) is 0 Å². The van der Waals surface area contributed by atoms with E-state index in [-0.39, 0.29) is 5.82 Å². The molecule has 0 spiro atoms. The Kier molecular flexibility index (Phi) is 3.15. The third kappa shape index (κ3) is 2.19. The fourth-order valence-corrected chi connectivity index (χ4v) is 3.05. The van der Waals surface area contributed by atoms with E-state index in [0.717, 1.165) is 33.7 Å². The van der Waals surface area contributed by atoms with Gasteiger partial charge in [-0.2, -0.15) is 0 Å². The van der Waals surface area contributed by atoms with Gasteiger partial charge in [-0.15, -0.1) is 0 Å². The molecule has 0 bridgehead atoms. The number of benzene rings is 2. The van der Waals surface area contributed by atoms with E-state index < -0.39 is 0 Å². The summed E-state index contributed by atoms with van der Waals surface area (Å²) in [5.74, 6) is -0.258. The Labute approximate surface area is 132 Å². The summed E-state index contributed by atoms with van der Waals surface area (Å²) >= 11 is 0. The lowest BCUT2D eigenvalue weighted by Crippen LogP contribution is -2.02. The summed E-state index contributed by atoms with van der Waals surface area (Å²) in [6.45, 7) is 0.552. The maximum atomic E-state index is 13.1. The van der Waals surface area contributed by atoms with Crippen molar-refractivity contribution in [3.05, 3.63) is 77.9 Å². The molecule has 112 valence electrons. The van der Waals surface area contributed by atoms with Crippen molar-refractivity contribution in [2.75, 3.05) is 0 Å². The van der Waals surface area contributed by atoms with Crippen LogP contribution >= 0.6 is 0 Å². The molecule has 3 nitrogen and oxygen atoms in total. The second-order valence-electron chi connectivity index (χ2n) is 5.44. The summed E-state index contributed by atoms with van der Waals surface area (Å²) in [4.78, 5) is 15.6. The zero-order chi connectivity index (χ0) is 15.8. The number of aldehydes is 1. The molecule has 0 N–H and O–H groups in total. The van der Waals surface area contributed by atoms with Gasteiger partial charge in [-0.05, 0) is 29.8 Å². The Hall–Kier alpha value is -3.01. The van der Waals surface area contributed by atoms with Gasteiger partial charge in [0, 0.05) is 29.0 Å². The zero-order valence-electron chi connectivity index (χ0n) is 12.2. The molecule has 4 heteroatoms. The summed E-state index contributed by atoms with van der Waals surface area (Å²) in [6.07, 6.45) is 2.43. The number of pyridine rings is 1. The van der Waals surface area contributed by atoms with Crippen LogP contribution in [0.25, 0.3) is 21.8 Å². The third-order valence-corrected chi connectivity index (χ3v) is 4.07. The van der Waals surface area contributed by atoms with Crippen molar-refractivity contribution in [1.82, 2.24) is 9.55 Å². The van der Waals surface area contributed by atoms with E-state index in [0.29, 0.717) is 12.2 Å². The standard InChI is InChI=1S/C19H13FN2O/c20-14-7-5-13(6-8-14)11-22-18-4-2-1-3-15(18)16-9-10-21-17(12-23)19(16)22/h1-10,12H,11H2. The zero-order valence-corrected chi connectivity index (χ0v) is 12.2. The molecule has 4 rings (SSSR count). The van der Waals surface area contributed by atoms with Gasteiger partial charge < -0.3 is 4.57 Å². The van der Waals surface area contributed by atoms with E-state index in [2.05, 4.69) is 9.55 Å². The van der Waals surface area contributed by atoms with Gasteiger partial charge in [0.2, 0.25) is 0 Å². The Balaban J connectivity index is 2.02. The number of carbonyl (C=O) groups excluding carboxylic acids is 1. The third-order valence-electron chi connectivity index (χ3n) is 4.07. The largest absolute Gasteiger partial charge is 0.334 e. The number of hydrogen-bond donors (Lipinski definition) is 0. The predicted octanol–water partition coefficient (Wildman–Crippen LogP) is 4.19. The molecule has 2 aromatic heterocycles. The van der Waals surface area contributed by atoms with E-state index in [1.807, 2.05) is 30.3 Å². The highest BCUT2D eigenvalue weighted by atomic mass is 19.1. The van der Waals surface area contributed by atoms with Crippen molar-refractivity contribution in [2.45, 2.75) is 6.54 Å². The lowest BCUT2D eigenvalue weighted by molar-refractivity contribution is 0.112. The minimum absolute atomic E-state index is 0.258. The summed E-state index contributed by atoms with van der Waals surface area (Å²) in [5, 5.41) is 2.08. The van der Waals surface area contributed by atoms with Gasteiger partial charge in [-0.3, -0.25) is 9.78 Å². The highest BCUT2D eigenvalue weighted by molar-refractivity contribution is 6.11. The molecule has 0 aliphatic rings. The minimum atomic E-state index is -0.258. The Morgan fingerprint density at radius 1 is 1.00 bits per heavy atom. The summed E-state index contributed by atoms with van der Waals surface area (Å²) in [5.41, 5.74) is 3.23. The number of carbonyl (C=O) groups is 1. The van der Waals surface area contributed by atoms with Crippen molar-refractivity contribution in [3.8, 4) is 0 Å². The van der Waals surface area contributed by atoms with E-state index in [1.54, 1.807) is 18.3 Å². The second kappa shape index (κ2) is 5.32. The van der Waals surface area contributed by atoms with Gasteiger partial charge in [0.05, 0.1) is 5.52 Å². The molecule has 0 saturated carbocycles. The molecule has 4 aromatic rings. The molecule has 23 heavy (non-hydrogen) atoms. The maximum absolute atomic E-state index is 13.1. The average Bonchev–Trinajstić information content (AvgIpc) is 2.91. The fraction of sp³-hybridized carbons (Fsp3) is 0.0526. The maximum Gasteiger partial charge on any atom is 0.170 e. The van der Waals surface area contributed by atoms with Crippen LogP contribution in [-0.4, -0.2) is 15.8 Å². The molecule has 0 amide bonds. The first-order valence-corrected chi connectivity index (χ1v) is 7.33. The molecule has 0 saturated heterocycles. The fourth-order valence-electron chi connectivity index (χ4n) is 3.05. The topological polar surface area (TPSA) is 34.9 Å². The lowest BCUT2D eigenvalue weighted by Gasteiger charge is -2.08. The number of halogens is 1. The van der Waals surface area contributed by atoms with Gasteiger partial charge in [0.15, 0.2) is 6.29 Å². The van der Waals surface area contributed by atoms with Gasteiger partial charge >= 0.3 is 0 Å². The van der Waals surface area contributed by atoms with Crippen molar-refractivity contribution >= 4 is 28.1 Å². The molecule has 2 heterocycles. The van der Waals surface area contributed by atoms with E-state index >= 15 is 0 Å². The Bertz CT molecular complexity index is 1020. The van der Waals surface area contributed by atoms with E-state index in [4.69, 9.17) is 0 Å². The quantitative estimate of drug-likeness (QED) is 0.532. The SMILES string of the molecule is O=Cc1nccc2c3ccccc3n(Cc3ccc(F)cc3)c12. The number of hydrogen-bond acceptors (Lipinski definition) is 2. The van der Waals surface area contributed by atoms with Crippen LogP contribution in [0, 0.1) is 5.82 Å². The minimum Gasteiger partial charge on any atom is -0.334 e. The van der Waals surface area contributed by atoms with Gasteiger partial charge in [-0.25, -0.2) is 4.39 Å². The monoisotopic (exact) mass is 304 g/mol. The Morgan fingerprint density at radius 3 is 2.57 bits per heavy atom. The predicted molar refractivity (Wildman–Crippen MR) is 88.1 cm³/mol. The van der Waals surface area contributed by atoms with Gasteiger partial charge in [0.1, 0.15) is 11.5 Å². The summed E-state index contributed by atoms with van der Waals surface area (Å²) < 4.78 is 15.2. The highest BCUT2D eigenvalue weighted by Gasteiger charge is 2.14. The van der Waals surface area contributed by atoms with Crippen molar-refractivity contribution in [2.24, 2.45) is 0 Å². The second-order valence-corrected chi connectivity index (χ2v) is 5.44. The molecule has 0 aliphatic carbocycles. The number of fused-ring (bicyclic) bond motifs is 3. The van der Waals surface area contributed by atoms with Crippen LogP contribution in [0.5, 0.6) is 0 Å². The molecule has 0 aliphatic heterocycles. The lowest BCUT2D eigenvalue weighted by atomic mass is 10.2. The summed E-state index contributed by atoms with van der Waals surface area (Å²) in [7, 11) is 0. The molecule has 0 atom stereocenters. The van der Waals surface area contributed by atoms with Crippen LogP contribution in [0.1, 0.15) is 16.1 Å². The molecule has 2 aromatic carbocycles. The van der Waals surface area contributed by atoms with Crippen LogP contribution in [0.4, 0.5) is 4.39 Å². The number of nitrogens with zero attached hydrogens (tertiary/aromatic N) is 2. The molecule has 0 radical (unpaired) electrons. The summed E-state index contributed by atoms with van der Waals surface area (Å²) in [6, 6.07) is 16.3. The molecule has 0 fully saturated rings. The first-order chi connectivity index (χ1) is 11.3. The van der Waals surface area contributed by atoms with Crippen LogP contribution in [0.2, 0.25) is 0 Å². The van der Waals surface area contributed by atoms with Crippen molar-refractivity contribution in [1.29, 1.82) is 0 Å². The first kappa shape index (κ1) is 13.6. The van der Waals surface area contributed by atoms with Crippen LogP contribution in [0.15, 0.2) is 60.8 Å². The van der Waals surface area contributed by atoms with E-state index in [9.17, 15) is 9.18 Å². The van der Waals surface area contributed by atoms with Crippen LogP contribution < -0.4 is 0 Å². The number of para-hydroxylation sites is 1. The Morgan fingerprint density at radius 2 is 1.78 bits per heavy atom. The molecule has 0 unspecified atom stereocenters. The van der Waals surface area contributed by atoms with Gasteiger partial charge in [-0.1, -0.05) is 30.3 Å². The van der Waals surface area contributed by atoms with Gasteiger partial charge in [0.25, 0.3) is 0 Å². The highest BCUT2D eigenvalue weighted by Crippen LogP contribution is 2.30. The average molecular weight is 304 g/mol. The molecular weight excluding hydrogens is 291 g/mol. The number of rotatable bonds is 3. The normalized spacial score (nSPS) is 11.2. The first-order valence-electron chi connectivity index (χ1n) is 7.33. The number of aromatic nitrogens is 2. The van der Waals surface area contributed by atoms with Crippen molar-refractivity contribution < 1.29 is 9.18 Å². The van der Waals surface area contributed by atoms with E-state index in [1.165, 1.54) is 12.1 Å². The smallest absolute Gasteiger partial charge is 0.170 e.